The van der Waals surface area contributed by atoms with Crippen molar-refractivity contribution in [1.82, 2.24) is 19.8 Å². The highest BCUT2D eigenvalue weighted by Crippen LogP contribution is 2.31. The molecule has 166 valence electrons. The van der Waals surface area contributed by atoms with Crippen molar-refractivity contribution in [2.24, 2.45) is 0 Å². The topological polar surface area (TPSA) is 70.6 Å². The molecule has 2 aliphatic heterocycles. The predicted octanol–water partition coefficient (Wildman–Crippen LogP) is 3.12. The summed E-state index contributed by atoms with van der Waals surface area (Å²) in [4.78, 5) is 26.1. The molecular weight excluding hydrogens is 390 g/mol. The summed E-state index contributed by atoms with van der Waals surface area (Å²) in [6, 6.07) is 6.39. The van der Waals surface area contributed by atoms with Crippen molar-refractivity contribution in [3.05, 3.63) is 46.4 Å². The van der Waals surface area contributed by atoms with E-state index in [1.165, 1.54) is 16.7 Å². The molecule has 7 heteroatoms. The number of amides is 1. The molecule has 0 aliphatic carbocycles. The van der Waals surface area contributed by atoms with Crippen LogP contribution in [0.1, 0.15) is 53.9 Å². The average Bonchev–Trinajstić information content (AvgIpc) is 2.79. The van der Waals surface area contributed by atoms with Gasteiger partial charge in [-0.25, -0.2) is 9.97 Å². The van der Waals surface area contributed by atoms with Gasteiger partial charge in [0.15, 0.2) is 0 Å². The van der Waals surface area contributed by atoms with Gasteiger partial charge in [-0.1, -0.05) is 12.1 Å². The van der Waals surface area contributed by atoms with Crippen molar-refractivity contribution in [3.8, 4) is 5.75 Å². The molecule has 1 amide bonds. The molecule has 4 rings (SSSR count). The number of benzene rings is 1. The molecule has 1 aromatic heterocycles. The number of fused-ring (bicyclic) bond motifs is 1. The smallest absolute Gasteiger partial charge is 0.219 e. The van der Waals surface area contributed by atoms with E-state index in [-0.39, 0.29) is 11.8 Å². The second-order valence-corrected chi connectivity index (χ2v) is 8.69. The number of hydrogen-bond acceptors (Lipinski definition) is 6. The Balaban J connectivity index is 1.57. The van der Waals surface area contributed by atoms with Crippen molar-refractivity contribution in [1.29, 1.82) is 0 Å². The van der Waals surface area contributed by atoms with Crippen molar-refractivity contribution in [2.75, 3.05) is 39.1 Å². The first-order chi connectivity index (χ1) is 15.0. The van der Waals surface area contributed by atoms with Crippen LogP contribution in [-0.2, 0) is 24.3 Å². The normalized spacial score (nSPS) is 19.1. The van der Waals surface area contributed by atoms with Gasteiger partial charge in [-0.3, -0.25) is 9.69 Å². The van der Waals surface area contributed by atoms with Gasteiger partial charge in [-0.05, 0) is 37.8 Å². The van der Waals surface area contributed by atoms with Crippen molar-refractivity contribution < 1.29 is 9.53 Å². The quantitative estimate of drug-likeness (QED) is 0.797. The highest BCUT2D eigenvalue weighted by molar-refractivity contribution is 5.73. The summed E-state index contributed by atoms with van der Waals surface area (Å²) in [6.45, 7) is 7.86. The lowest BCUT2D eigenvalue weighted by Crippen LogP contribution is -2.38. The third-order valence-corrected chi connectivity index (χ3v) is 6.47. The number of likely N-dealkylation sites (tertiary alicyclic amines) is 1. The Morgan fingerprint density at radius 2 is 2.13 bits per heavy atom. The third-order valence-electron chi connectivity index (χ3n) is 6.47. The molecule has 0 saturated carbocycles. The first kappa shape index (κ1) is 21.6. The number of piperidine rings is 1. The number of anilines is 1. The van der Waals surface area contributed by atoms with E-state index in [1.54, 1.807) is 14.0 Å². The van der Waals surface area contributed by atoms with Gasteiger partial charge in [0.05, 0.1) is 12.8 Å². The number of aromatic nitrogens is 2. The van der Waals surface area contributed by atoms with Gasteiger partial charge in [0.1, 0.15) is 17.4 Å². The van der Waals surface area contributed by atoms with Gasteiger partial charge in [-0.15, -0.1) is 0 Å². The Kier molecular flexibility index (Phi) is 6.41. The average molecular weight is 424 g/mol. The van der Waals surface area contributed by atoms with Gasteiger partial charge < -0.3 is 15.0 Å². The maximum Gasteiger partial charge on any atom is 0.219 e. The summed E-state index contributed by atoms with van der Waals surface area (Å²) in [5, 5.41) is 3.29. The van der Waals surface area contributed by atoms with Crippen molar-refractivity contribution in [3.63, 3.8) is 0 Å². The minimum Gasteiger partial charge on any atom is -0.496 e. The van der Waals surface area contributed by atoms with Crippen LogP contribution in [0.4, 0.5) is 5.82 Å². The fraction of sp³-hybridized carbons (Fsp3) is 0.542. The van der Waals surface area contributed by atoms with Crippen LogP contribution in [-0.4, -0.2) is 59.5 Å². The van der Waals surface area contributed by atoms with E-state index in [2.05, 4.69) is 35.3 Å². The van der Waals surface area contributed by atoms with Gasteiger partial charge in [-0.2, -0.15) is 0 Å². The Morgan fingerprint density at radius 3 is 2.87 bits per heavy atom. The summed E-state index contributed by atoms with van der Waals surface area (Å²) in [5.41, 5.74) is 4.72. The van der Waals surface area contributed by atoms with Crippen LogP contribution < -0.4 is 10.1 Å². The molecule has 1 N–H and O–H groups in total. The summed E-state index contributed by atoms with van der Waals surface area (Å²) in [5.74, 6) is 3.07. The molecular formula is C24H33N5O2. The number of hydrogen-bond donors (Lipinski definition) is 1. The van der Waals surface area contributed by atoms with Crippen molar-refractivity contribution >= 4 is 11.7 Å². The van der Waals surface area contributed by atoms with Crippen LogP contribution >= 0.6 is 0 Å². The van der Waals surface area contributed by atoms with Crippen LogP contribution in [0.25, 0.3) is 0 Å². The molecule has 1 fully saturated rings. The zero-order chi connectivity index (χ0) is 22.0. The van der Waals surface area contributed by atoms with Crippen LogP contribution in [0, 0.1) is 6.92 Å². The molecule has 0 spiro atoms. The van der Waals surface area contributed by atoms with Gasteiger partial charge in [0.2, 0.25) is 5.91 Å². The standard InChI is InChI=1S/C24H33N5O2/c1-16-7-8-18(22(12-16)31-4)13-28-11-9-20-21(15-28)26-23(27-24(20)25-3)19-6-5-10-29(14-19)17(2)30/h7-8,12,19H,5-6,9-11,13-15H2,1-4H3,(H,25,26,27). The highest BCUT2D eigenvalue weighted by atomic mass is 16.5. The number of ether oxygens (including phenoxy) is 1. The molecule has 1 atom stereocenters. The first-order valence-corrected chi connectivity index (χ1v) is 11.2. The van der Waals surface area contributed by atoms with E-state index in [1.807, 2.05) is 11.9 Å². The maximum atomic E-state index is 11.9. The second kappa shape index (κ2) is 9.22. The monoisotopic (exact) mass is 423 g/mol. The molecule has 2 aliphatic rings. The van der Waals surface area contributed by atoms with Crippen LogP contribution in [0.15, 0.2) is 18.2 Å². The molecule has 1 unspecified atom stereocenters. The lowest BCUT2D eigenvalue weighted by molar-refractivity contribution is -0.130. The van der Waals surface area contributed by atoms with E-state index in [4.69, 9.17) is 14.7 Å². The summed E-state index contributed by atoms with van der Waals surface area (Å²) >= 11 is 0. The highest BCUT2D eigenvalue weighted by Gasteiger charge is 2.28. The van der Waals surface area contributed by atoms with Gasteiger partial charge in [0.25, 0.3) is 0 Å². The fourth-order valence-electron chi connectivity index (χ4n) is 4.73. The third kappa shape index (κ3) is 4.66. The van der Waals surface area contributed by atoms with Crippen LogP contribution in [0.3, 0.4) is 0 Å². The Hall–Kier alpha value is -2.67. The SMILES string of the molecule is CNc1nc(C2CCCN(C(C)=O)C2)nc2c1CCN(Cc1ccc(C)cc1OC)C2. The summed E-state index contributed by atoms with van der Waals surface area (Å²) in [6.07, 6.45) is 2.94. The number of carbonyl (C=O) groups excluding carboxylic acids is 1. The molecule has 1 aromatic carbocycles. The lowest BCUT2D eigenvalue weighted by Gasteiger charge is -2.33. The number of nitrogens with zero attached hydrogens (tertiary/aromatic N) is 4. The van der Waals surface area contributed by atoms with Crippen LogP contribution in [0.5, 0.6) is 5.75 Å². The number of rotatable bonds is 5. The molecule has 2 aromatic rings. The second-order valence-electron chi connectivity index (χ2n) is 8.69. The molecule has 3 heterocycles. The molecule has 7 nitrogen and oxygen atoms in total. The summed E-state index contributed by atoms with van der Waals surface area (Å²) in [7, 11) is 3.66. The van der Waals surface area contributed by atoms with E-state index in [0.717, 1.165) is 68.5 Å². The first-order valence-electron chi connectivity index (χ1n) is 11.2. The van der Waals surface area contributed by atoms with Gasteiger partial charge in [0, 0.05) is 63.7 Å². The fourth-order valence-corrected chi connectivity index (χ4v) is 4.73. The van der Waals surface area contributed by atoms with E-state index < -0.39 is 0 Å². The molecule has 0 radical (unpaired) electrons. The summed E-state index contributed by atoms with van der Waals surface area (Å²) < 4.78 is 5.61. The molecule has 1 saturated heterocycles. The minimum absolute atomic E-state index is 0.134. The minimum atomic E-state index is 0.134. The van der Waals surface area contributed by atoms with E-state index in [9.17, 15) is 4.79 Å². The Bertz CT molecular complexity index is 961. The number of carbonyl (C=O) groups is 1. The molecule has 31 heavy (non-hydrogen) atoms. The zero-order valence-corrected chi connectivity index (χ0v) is 19.1. The van der Waals surface area contributed by atoms with Crippen LogP contribution in [0.2, 0.25) is 0 Å². The molecule has 0 bridgehead atoms. The van der Waals surface area contributed by atoms with E-state index >= 15 is 0 Å². The zero-order valence-electron chi connectivity index (χ0n) is 19.1. The number of nitrogens with one attached hydrogen (secondary N) is 1. The largest absolute Gasteiger partial charge is 0.496 e. The Morgan fingerprint density at radius 1 is 1.29 bits per heavy atom. The Labute approximate surface area is 184 Å². The van der Waals surface area contributed by atoms with Crippen molar-refractivity contribution in [2.45, 2.75) is 52.1 Å². The number of aryl methyl sites for hydroxylation is 1. The number of methoxy groups -OCH3 is 1. The predicted molar refractivity (Wildman–Crippen MR) is 121 cm³/mol. The maximum absolute atomic E-state index is 11.9. The lowest BCUT2D eigenvalue weighted by atomic mass is 9.96. The van der Waals surface area contributed by atoms with Gasteiger partial charge >= 0.3 is 0 Å². The van der Waals surface area contributed by atoms with E-state index in [0.29, 0.717) is 6.54 Å².